The number of ether oxygens (including phenoxy) is 1. The molecule has 0 aromatic heterocycles. The van der Waals surface area contributed by atoms with Crippen molar-refractivity contribution in [1.29, 1.82) is 0 Å². The van der Waals surface area contributed by atoms with Crippen molar-refractivity contribution in [2.75, 3.05) is 0 Å². The summed E-state index contributed by atoms with van der Waals surface area (Å²) in [4.78, 5) is 0. The Balaban J connectivity index is 2.10. The van der Waals surface area contributed by atoms with E-state index in [0.29, 0.717) is 6.10 Å². The highest BCUT2D eigenvalue weighted by atomic mass is 16.5. The van der Waals surface area contributed by atoms with Crippen molar-refractivity contribution in [1.82, 2.24) is 0 Å². The molecule has 0 amide bonds. The van der Waals surface area contributed by atoms with Crippen molar-refractivity contribution in [3.05, 3.63) is 0 Å². The fraction of sp³-hybridized carbons (Fsp3) is 1.00. The molecule has 0 aromatic carbocycles. The second-order valence-corrected chi connectivity index (χ2v) is 3.25. The van der Waals surface area contributed by atoms with Gasteiger partial charge < -0.3 is 10.5 Å². The summed E-state index contributed by atoms with van der Waals surface area (Å²) in [5, 5.41) is 0. The fourth-order valence-corrected chi connectivity index (χ4v) is 0.934. The van der Waals surface area contributed by atoms with Gasteiger partial charge >= 0.3 is 0 Å². The van der Waals surface area contributed by atoms with E-state index in [2.05, 4.69) is 0 Å². The van der Waals surface area contributed by atoms with E-state index in [4.69, 9.17) is 10.5 Å². The minimum absolute atomic E-state index is 0.167. The maximum absolute atomic E-state index is 5.64. The van der Waals surface area contributed by atoms with Gasteiger partial charge in [-0.15, -0.1) is 0 Å². The summed E-state index contributed by atoms with van der Waals surface area (Å²) in [5.41, 5.74) is 5.64. The molecule has 1 aliphatic rings. The zero-order valence-electron chi connectivity index (χ0n) is 6.84. The lowest BCUT2D eigenvalue weighted by molar-refractivity contribution is -0.0504. The summed E-state index contributed by atoms with van der Waals surface area (Å²) >= 11 is 0. The molecule has 0 bridgehead atoms. The molecule has 0 aromatic rings. The van der Waals surface area contributed by atoms with Crippen molar-refractivity contribution < 1.29 is 4.74 Å². The van der Waals surface area contributed by atoms with Crippen molar-refractivity contribution >= 4 is 0 Å². The van der Waals surface area contributed by atoms with Crippen LogP contribution in [-0.2, 0) is 4.74 Å². The quantitative estimate of drug-likeness (QED) is 0.646. The Morgan fingerprint density at radius 3 is 2.30 bits per heavy atom. The molecule has 0 radical (unpaired) electrons. The van der Waals surface area contributed by atoms with Gasteiger partial charge in [0.15, 0.2) is 0 Å². The van der Waals surface area contributed by atoms with Crippen LogP contribution in [0.4, 0.5) is 0 Å². The maximum Gasteiger partial charge on any atom is 0.0698 e. The molecule has 0 heterocycles. The normalized spacial score (nSPS) is 25.5. The standard InChI is InChI=1S/C8H17NO/c1-6(9)7(2)10-8-4-3-5-8/h6-8H,3-5,9H2,1-2H3/t6-,7?/m0/s1. The average Bonchev–Trinajstić information content (AvgIpc) is 1.77. The molecule has 2 nitrogen and oxygen atoms in total. The van der Waals surface area contributed by atoms with Crippen LogP contribution in [0.25, 0.3) is 0 Å². The zero-order chi connectivity index (χ0) is 7.56. The Kier molecular flexibility index (Phi) is 2.69. The van der Waals surface area contributed by atoms with E-state index in [9.17, 15) is 0 Å². The Bertz CT molecular complexity index is 99.4. The van der Waals surface area contributed by atoms with Gasteiger partial charge in [0.2, 0.25) is 0 Å². The first-order valence-corrected chi connectivity index (χ1v) is 4.11. The predicted octanol–water partition coefficient (Wildman–Crippen LogP) is 1.29. The third-order valence-electron chi connectivity index (χ3n) is 2.20. The molecule has 2 heteroatoms. The molecule has 1 fully saturated rings. The lowest BCUT2D eigenvalue weighted by atomic mass is 9.96. The number of rotatable bonds is 3. The van der Waals surface area contributed by atoms with Crippen molar-refractivity contribution in [2.45, 2.75) is 51.4 Å². The molecular formula is C8H17NO. The fourth-order valence-electron chi connectivity index (χ4n) is 0.934. The van der Waals surface area contributed by atoms with Gasteiger partial charge in [-0.2, -0.15) is 0 Å². The van der Waals surface area contributed by atoms with Gasteiger partial charge in [-0.05, 0) is 33.1 Å². The van der Waals surface area contributed by atoms with Crippen LogP contribution in [0.5, 0.6) is 0 Å². The molecule has 1 saturated carbocycles. The van der Waals surface area contributed by atoms with Crippen LogP contribution < -0.4 is 5.73 Å². The summed E-state index contributed by atoms with van der Waals surface area (Å²) in [6.45, 7) is 4.03. The van der Waals surface area contributed by atoms with E-state index in [1.54, 1.807) is 0 Å². The van der Waals surface area contributed by atoms with Gasteiger partial charge in [-0.1, -0.05) is 0 Å². The van der Waals surface area contributed by atoms with Crippen LogP contribution in [0, 0.1) is 0 Å². The molecule has 10 heavy (non-hydrogen) atoms. The van der Waals surface area contributed by atoms with Gasteiger partial charge in [0, 0.05) is 6.04 Å². The molecule has 60 valence electrons. The molecule has 1 aliphatic carbocycles. The lowest BCUT2D eigenvalue weighted by Crippen LogP contribution is -2.36. The second kappa shape index (κ2) is 3.35. The van der Waals surface area contributed by atoms with Gasteiger partial charge in [-0.3, -0.25) is 0 Å². The molecule has 0 aliphatic heterocycles. The first-order valence-electron chi connectivity index (χ1n) is 4.11. The SMILES string of the molecule is CC(OC1CCC1)[C@H](C)N. The van der Waals surface area contributed by atoms with Crippen molar-refractivity contribution in [2.24, 2.45) is 5.73 Å². The van der Waals surface area contributed by atoms with Gasteiger partial charge in [-0.25, -0.2) is 0 Å². The number of hydrogen-bond acceptors (Lipinski definition) is 2. The summed E-state index contributed by atoms with van der Waals surface area (Å²) in [6, 6.07) is 0.167. The van der Waals surface area contributed by atoms with E-state index in [0.717, 1.165) is 0 Å². The summed E-state index contributed by atoms with van der Waals surface area (Å²) in [5.74, 6) is 0. The van der Waals surface area contributed by atoms with Crippen LogP contribution >= 0.6 is 0 Å². The topological polar surface area (TPSA) is 35.2 Å². The number of hydrogen-bond donors (Lipinski definition) is 1. The molecule has 1 unspecified atom stereocenters. The number of nitrogens with two attached hydrogens (primary N) is 1. The Hall–Kier alpha value is -0.0800. The van der Waals surface area contributed by atoms with Gasteiger partial charge in [0.1, 0.15) is 0 Å². The van der Waals surface area contributed by atoms with E-state index in [1.807, 2.05) is 13.8 Å². The van der Waals surface area contributed by atoms with Gasteiger partial charge in [0.25, 0.3) is 0 Å². The Morgan fingerprint density at radius 1 is 1.40 bits per heavy atom. The van der Waals surface area contributed by atoms with E-state index < -0.39 is 0 Å². The highest BCUT2D eigenvalue weighted by molar-refractivity contribution is 4.73. The largest absolute Gasteiger partial charge is 0.374 e. The van der Waals surface area contributed by atoms with Crippen molar-refractivity contribution in [3.63, 3.8) is 0 Å². The minimum atomic E-state index is 0.167. The van der Waals surface area contributed by atoms with Gasteiger partial charge in [0.05, 0.1) is 12.2 Å². The third kappa shape index (κ3) is 1.96. The monoisotopic (exact) mass is 143 g/mol. The van der Waals surface area contributed by atoms with Crippen LogP contribution in [0.2, 0.25) is 0 Å². The summed E-state index contributed by atoms with van der Waals surface area (Å²) in [6.07, 6.45) is 4.54. The van der Waals surface area contributed by atoms with E-state index >= 15 is 0 Å². The molecule has 0 spiro atoms. The predicted molar refractivity (Wildman–Crippen MR) is 41.8 cm³/mol. The van der Waals surface area contributed by atoms with E-state index in [-0.39, 0.29) is 12.1 Å². The van der Waals surface area contributed by atoms with Crippen LogP contribution in [0.15, 0.2) is 0 Å². The second-order valence-electron chi connectivity index (χ2n) is 3.25. The first kappa shape index (κ1) is 8.02. The minimum Gasteiger partial charge on any atom is -0.374 e. The summed E-state index contributed by atoms with van der Waals surface area (Å²) < 4.78 is 5.62. The van der Waals surface area contributed by atoms with Crippen LogP contribution in [0.3, 0.4) is 0 Å². The van der Waals surface area contributed by atoms with Crippen molar-refractivity contribution in [3.8, 4) is 0 Å². The highest BCUT2D eigenvalue weighted by Gasteiger charge is 2.21. The van der Waals surface area contributed by atoms with Crippen LogP contribution in [0.1, 0.15) is 33.1 Å². The zero-order valence-corrected chi connectivity index (χ0v) is 6.84. The highest BCUT2D eigenvalue weighted by Crippen LogP contribution is 2.23. The molecule has 0 saturated heterocycles. The molecular weight excluding hydrogens is 126 g/mol. The average molecular weight is 143 g/mol. The third-order valence-corrected chi connectivity index (χ3v) is 2.20. The molecule has 1 rings (SSSR count). The Morgan fingerprint density at radius 2 is 2.00 bits per heavy atom. The molecule has 2 atom stereocenters. The lowest BCUT2D eigenvalue weighted by Gasteiger charge is -2.30. The molecule has 2 N–H and O–H groups in total. The van der Waals surface area contributed by atoms with E-state index in [1.165, 1.54) is 19.3 Å². The maximum atomic E-state index is 5.64. The van der Waals surface area contributed by atoms with Crippen LogP contribution in [-0.4, -0.2) is 18.2 Å². The Labute approximate surface area is 62.7 Å². The first-order chi connectivity index (χ1) is 4.70. The summed E-state index contributed by atoms with van der Waals surface area (Å²) in [7, 11) is 0. The smallest absolute Gasteiger partial charge is 0.0698 e.